The van der Waals surface area contributed by atoms with Gasteiger partial charge in [-0.1, -0.05) is 42.1 Å². The SMILES string of the molecule is COc1ccc(C2=NN(C3CCN(C(=O)[C@@H](Cc4ccc(Cl)cc4Cl)NC(=O)O)CC3)C(=O)[C@@H]3CCCC[C@H]23)cc1OC. The van der Waals surface area contributed by atoms with Crippen LogP contribution in [0, 0.1) is 11.8 Å². The van der Waals surface area contributed by atoms with E-state index in [1.807, 2.05) is 18.2 Å². The van der Waals surface area contributed by atoms with E-state index in [9.17, 15) is 19.5 Å². The van der Waals surface area contributed by atoms with E-state index < -0.39 is 12.1 Å². The zero-order valence-corrected chi connectivity index (χ0v) is 25.7. The number of carbonyl (C=O) groups excluding carboxylic acids is 2. The van der Waals surface area contributed by atoms with Crippen LogP contribution >= 0.6 is 23.2 Å². The van der Waals surface area contributed by atoms with Gasteiger partial charge in [0, 0.05) is 47.0 Å². The minimum absolute atomic E-state index is 0.0415. The molecule has 2 heterocycles. The third-order valence-corrected chi connectivity index (χ3v) is 9.30. The van der Waals surface area contributed by atoms with Crippen LogP contribution in [0.15, 0.2) is 41.5 Å². The zero-order valence-electron chi connectivity index (χ0n) is 24.2. The number of piperidine rings is 1. The van der Waals surface area contributed by atoms with Crippen LogP contribution in [-0.4, -0.2) is 78.0 Å². The van der Waals surface area contributed by atoms with Gasteiger partial charge in [0.25, 0.3) is 0 Å². The fourth-order valence-electron chi connectivity index (χ4n) is 6.50. The molecule has 3 atom stereocenters. The fraction of sp³-hybridized carbons (Fsp3) is 0.484. The highest BCUT2D eigenvalue weighted by Gasteiger charge is 2.44. The molecule has 10 nitrogen and oxygen atoms in total. The molecule has 0 bridgehead atoms. The quantitative estimate of drug-likeness (QED) is 0.412. The highest BCUT2D eigenvalue weighted by molar-refractivity contribution is 6.35. The molecule has 0 radical (unpaired) electrons. The largest absolute Gasteiger partial charge is 0.493 e. The molecular weight excluding hydrogens is 595 g/mol. The molecule has 0 aromatic heterocycles. The summed E-state index contributed by atoms with van der Waals surface area (Å²) in [6.45, 7) is 0.740. The van der Waals surface area contributed by atoms with Crippen LogP contribution in [0.3, 0.4) is 0 Å². The van der Waals surface area contributed by atoms with Crippen LogP contribution in [0.1, 0.15) is 49.7 Å². The minimum Gasteiger partial charge on any atom is -0.493 e. The van der Waals surface area contributed by atoms with Gasteiger partial charge in [0.05, 0.1) is 26.0 Å². The Morgan fingerprint density at radius 1 is 1.00 bits per heavy atom. The lowest BCUT2D eigenvalue weighted by Crippen LogP contribution is -2.55. The number of hydrazone groups is 1. The Hall–Kier alpha value is -3.50. The second kappa shape index (κ2) is 13.4. The molecule has 2 aromatic rings. The molecule has 2 N–H and O–H groups in total. The summed E-state index contributed by atoms with van der Waals surface area (Å²) >= 11 is 12.3. The topological polar surface area (TPSA) is 121 Å². The fourth-order valence-corrected chi connectivity index (χ4v) is 6.99. The standard InChI is InChI=1S/C31H36Cl2N4O6/c1-42-26-10-8-19(16-27(26)43-2)28-22-5-3-4-6-23(22)29(38)37(35-28)21-11-13-36(14-12-21)30(39)25(34-31(40)41)15-18-7-9-20(32)17-24(18)33/h7-10,16-17,21-23,25,34H,3-6,11-15H2,1-2H3,(H,40,41)/t22-,23+,25+/m0/s1. The molecule has 43 heavy (non-hydrogen) atoms. The molecule has 1 saturated heterocycles. The highest BCUT2D eigenvalue weighted by Crippen LogP contribution is 2.40. The summed E-state index contributed by atoms with van der Waals surface area (Å²) in [6, 6.07) is 9.46. The first kappa shape index (κ1) is 30.9. The molecule has 230 valence electrons. The van der Waals surface area contributed by atoms with Crippen LogP contribution in [0.2, 0.25) is 10.0 Å². The van der Waals surface area contributed by atoms with E-state index in [0.29, 0.717) is 53.0 Å². The van der Waals surface area contributed by atoms with Crippen LogP contribution < -0.4 is 14.8 Å². The van der Waals surface area contributed by atoms with E-state index in [1.54, 1.807) is 42.3 Å². The maximum atomic E-state index is 13.8. The molecule has 3 aliphatic rings. The molecule has 12 heteroatoms. The van der Waals surface area contributed by atoms with Gasteiger partial charge >= 0.3 is 6.09 Å². The zero-order chi connectivity index (χ0) is 30.7. The average Bonchev–Trinajstić information content (AvgIpc) is 3.01. The molecular formula is C31H36Cl2N4O6. The number of hydrogen-bond acceptors (Lipinski definition) is 6. The van der Waals surface area contributed by atoms with Crippen molar-refractivity contribution in [2.24, 2.45) is 16.9 Å². The smallest absolute Gasteiger partial charge is 0.405 e. The summed E-state index contributed by atoms with van der Waals surface area (Å²) in [6.07, 6.45) is 3.62. The molecule has 2 aliphatic heterocycles. The van der Waals surface area contributed by atoms with Crippen molar-refractivity contribution in [1.29, 1.82) is 0 Å². The summed E-state index contributed by atoms with van der Waals surface area (Å²) in [5.41, 5.74) is 2.41. The van der Waals surface area contributed by atoms with Crippen LogP contribution in [0.25, 0.3) is 0 Å². The summed E-state index contributed by atoms with van der Waals surface area (Å²) in [4.78, 5) is 40.5. The van der Waals surface area contributed by atoms with E-state index in [2.05, 4.69) is 5.32 Å². The number of ether oxygens (including phenoxy) is 2. The number of nitrogens with zero attached hydrogens (tertiary/aromatic N) is 3. The summed E-state index contributed by atoms with van der Waals surface area (Å²) in [7, 11) is 3.19. The van der Waals surface area contributed by atoms with Crippen molar-refractivity contribution in [3.8, 4) is 11.5 Å². The van der Waals surface area contributed by atoms with Gasteiger partial charge in [0.1, 0.15) is 6.04 Å². The Labute approximate surface area is 260 Å². The normalized spacial score (nSPS) is 21.5. The number of methoxy groups -OCH3 is 2. The first-order valence-electron chi connectivity index (χ1n) is 14.6. The van der Waals surface area contributed by atoms with Gasteiger partial charge in [0.15, 0.2) is 11.5 Å². The van der Waals surface area contributed by atoms with Crippen molar-refractivity contribution in [2.45, 2.75) is 57.0 Å². The third kappa shape index (κ3) is 6.70. The van der Waals surface area contributed by atoms with Gasteiger partial charge in [-0.05, 0) is 61.6 Å². The highest BCUT2D eigenvalue weighted by atomic mass is 35.5. The van der Waals surface area contributed by atoms with Crippen LogP contribution in [0.5, 0.6) is 11.5 Å². The number of carbonyl (C=O) groups is 3. The second-order valence-corrected chi connectivity index (χ2v) is 12.1. The van der Waals surface area contributed by atoms with Crippen molar-refractivity contribution in [3.63, 3.8) is 0 Å². The average molecular weight is 632 g/mol. The van der Waals surface area contributed by atoms with Crippen molar-refractivity contribution in [2.75, 3.05) is 27.3 Å². The van der Waals surface area contributed by atoms with Gasteiger partial charge in [-0.15, -0.1) is 0 Å². The lowest BCUT2D eigenvalue weighted by Gasteiger charge is -2.43. The summed E-state index contributed by atoms with van der Waals surface area (Å²) < 4.78 is 11.0. The minimum atomic E-state index is -1.30. The second-order valence-electron chi connectivity index (χ2n) is 11.2. The Balaban J connectivity index is 1.34. The molecule has 1 aliphatic carbocycles. The van der Waals surface area contributed by atoms with Gasteiger partial charge < -0.3 is 24.8 Å². The summed E-state index contributed by atoms with van der Waals surface area (Å²) in [5, 5.41) is 19.2. The first-order chi connectivity index (χ1) is 20.7. The predicted molar refractivity (Wildman–Crippen MR) is 163 cm³/mol. The van der Waals surface area contributed by atoms with Gasteiger partial charge in [-0.2, -0.15) is 5.10 Å². The van der Waals surface area contributed by atoms with E-state index in [4.69, 9.17) is 37.8 Å². The molecule has 1 saturated carbocycles. The van der Waals surface area contributed by atoms with Gasteiger partial charge in [-0.3, -0.25) is 9.59 Å². The number of fused-ring (bicyclic) bond motifs is 1. The number of halogens is 2. The number of nitrogens with one attached hydrogen (secondary N) is 1. The first-order valence-corrected chi connectivity index (χ1v) is 15.3. The maximum Gasteiger partial charge on any atom is 0.405 e. The third-order valence-electron chi connectivity index (χ3n) is 8.71. The molecule has 2 fully saturated rings. The molecule has 3 amide bonds. The number of benzene rings is 2. The number of likely N-dealkylation sites (tertiary alicyclic amines) is 1. The molecule has 5 rings (SSSR count). The molecule has 0 spiro atoms. The Bertz CT molecular complexity index is 1410. The van der Waals surface area contributed by atoms with Crippen molar-refractivity contribution in [3.05, 3.63) is 57.6 Å². The van der Waals surface area contributed by atoms with Crippen molar-refractivity contribution in [1.82, 2.24) is 15.2 Å². The number of carboxylic acid groups (broad SMARTS) is 1. The Morgan fingerprint density at radius 2 is 1.70 bits per heavy atom. The lowest BCUT2D eigenvalue weighted by molar-refractivity contribution is -0.143. The molecule has 2 aromatic carbocycles. The number of hydrogen-bond donors (Lipinski definition) is 2. The van der Waals surface area contributed by atoms with E-state index in [1.165, 1.54) is 0 Å². The van der Waals surface area contributed by atoms with E-state index >= 15 is 0 Å². The number of rotatable bonds is 8. The molecule has 0 unspecified atom stereocenters. The van der Waals surface area contributed by atoms with Gasteiger partial charge in [0.2, 0.25) is 11.8 Å². The predicted octanol–water partition coefficient (Wildman–Crippen LogP) is 5.23. The summed E-state index contributed by atoms with van der Waals surface area (Å²) in [5.74, 6) is 0.846. The monoisotopic (exact) mass is 630 g/mol. The maximum absolute atomic E-state index is 13.8. The van der Waals surface area contributed by atoms with Gasteiger partial charge in [-0.25, -0.2) is 9.80 Å². The van der Waals surface area contributed by atoms with Crippen LogP contribution in [0.4, 0.5) is 4.79 Å². The Morgan fingerprint density at radius 3 is 2.35 bits per heavy atom. The van der Waals surface area contributed by atoms with Crippen LogP contribution in [-0.2, 0) is 16.0 Å². The van der Waals surface area contributed by atoms with Crippen molar-refractivity contribution < 1.29 is 29.0 Å². The Kier molecular flexibility index (Phi) is 9.66. The van der Waals surface area contributed by atoms with E-state index in [-0.39, 0.29) is 36.1 Å². The lowest BCUT2D eigenvalue weighted by atomic mass is 9.73. The number of amides is 3. The van der Waals surface area contributed by atoms with E-state index in [0.717, 1.165) is 37.0 Å². The van der Waals surface area contributed by atoms with Crippen molar-refractivity contribution >= 4 is 46.8 Å².